The van der Waals surface area contributed by atoms with E-state index in [0.717, 1.165) is 15.6 Å². The first-order valence-electron chi connectivity index (χ1n) is 4.20. The molecule has 0 amide bonds. The first kappa shape index (κ1) is 8.35. The molecule has 64 valence electrons. The fraction of sp³-hybridized carbons (Fsp3) is 0.400. The van der Waals surface area contributed by atoms with Gasteiger partial charge < -0.3 is 5.11 Å². The maximum atomic E-state index is 9.66. The third-order valence-electron chi connectivity index (χ3n) is 2.50. The number of phenols is 1. The Labute approximate surface area is 85.9 Å². The minimum absolute atomic E-state index is 0.483. The zero-order valence-electron chi connectivity index (χ0n) is 7.02. The van der Waals surface area contributed by atoms with Crippen LogP contribution in [0.3, 0.4) is 0 Å². The van der Waals surface area contributed by atoms with Gasteiger partial charge in [0.1, 0.15) is 5.75 Å². The normalized spacial score (nSPS) is 14.8. The highest BCUT2D eigenvalue weighted by Gasteiger charge is 2.17. The van der Waals surface area contributed by atoms with E-state index in [1.54, 1.807) is 0 Å². The molecule has 2 heteroatoms. The van der Waals surface area contributed by atoms with Gasteiger partial charge in [-0.3, -0.25) is 0 Å². The minimum Gasteiger partial charge on any atom is -0.507 e. The van der Waals surface area contributed by atoms with Gasteiger partial charge in [-0.2, -0.15) is 0 Å². The van der Waals surface area contributed by atoms with Crippen molar-refractivity contribution in [1.82, 2.24) is 0 Å². The number of benzene rings is 1. The van der Waals surface area contributed by atoms with Crippen molar-refractivity contribution in [3.8, 4) is 5.75 Å². The van der Waals surface area contributed by atoms with Crippen molar-refractivity contribution < 1.29 is 5.11 Å². The van der Waals surface area contributed by atoms with Crippen LogP contribution < -0.4 is 0 Å². The number of halogens is 1. The van der Waals surface area contributed by atoms with Crippen LogP contribution in [0.5, 0.6) is 5.75 Å². The summed E-state index contributed by atoms with van der Waals surface area (Å²) in [6.45, 7) is 1.97. The second-order valence-electron chi connectivity index (χ2n) is 3.35. The summed E-state index contributed by atoms with van der Waals surface area (Å²) in [4.78, 5) is 0. The Bertz CT molecular complexity index is 331. The van der Waals surface area contributed by atoms with Gasteiger partial charge in [0.15, 0.2) is 0 Å². The highest BCUT2D eigenvalue weighted by Crippen LogP contribution is 2.34. The first-order chi connectivity index (χ1) is 5.70. The molecule has 0 heterocycles. The molecular formula is C10H11IO. The van der Waals surface area contributed by atoms with Crippen LogP contribution in [0.25, 0.3) is 0 Å². The van der Waals surface area contributed by atoms with Crippen LogP contribution >= 0.6 is 22.6 Å². The van der Waals surface area contributed by atoms with E-state index in [9.17, 15) is 5.11 Å². The maximum Gasteiger partial charge on any atom is 0.132 e. The van der Waals surface area contributed by atoms with Gasteiger partial charge >= 0.3 is 0 Å². The van der Waals surface area contributed by atoms with E-state index in [4.69, 9.17) is 0 Å². The molecule has 0 bridgehead atoms. The zero-order chi connectivity index (χ0) is 8.72. The molecule has 1 N–H and O–H groups in total. The summed E-state index contributed by atoms with van der Waals surface area (Å²) in [6.07, 6.45) is 3.57. The minimum atomic E-state index is 0.483. The molecule has 2 rings (SSSR count). The lowest BCUT2D eigenvalue weighted by Crippen LogP contribution is -1.90. The van der Waals surface area contributed by atoms with Crippen molar-refractivity contribution in [2.75, 3.05) is 0 Å². The fourth-order valence-corrected chi connectivity index (χ4v) is 2.86. The Morgan fingerprint density at radius 3 is 2.92 bits per heavy atom. The van der Waals surface area contributed by atoms with Crippen molar-refractivity contribution in [1.29, 1.82) is 0 Å². The molecule has 12 heavy (non-hydrogen) atoms. The van der Waals surface area contributed by atoms with Gasteiger partial charge in [0.2, 0.25) is 0 Å². The predicted molar refractivity (Wildman–Crippen MR) is 57.6 cm³/mol. The molecule has 0 spiro atoms. The van der Waals surface area contributed by atoms with Gasteiger partial charge in [0.25, 0.3) is 0 Å². The average Bonchev–Trinajstić information content (AvgIpc) is 2.48. The monoisotopic (exact) mass is 274 g/mol. The average molecular weight is 274 g/mol. The van der Waals surface area contributed by atoms with Crippen molar-refractivity contribution in [3.05, 3.63) is 26.3 Å². The molecule has 0 unspecified atom stereocenters. The van der Waals surface area contributed by atoms with Gasteiger partial charge in [-0.25, -0.2) is 0 Å². The number of phenolic OH excluding ortho intramolecular Hbond substituents is 1. The van der Waals surface area contributed by atoms with E-state index in [2.05, 4.69) is 28.7 Å². The molecule has 0 aliphatic heterocycles. The highest BCUT2D eigenvalue weighted by molar-refractivity contribution is 14.1. The van der Waals surface area contributed by atoms with Crippen LogP contribution in [-0.2, 0) is 12.8 Å². The SMILES string of the molecule is Cc1cc2c(c(I)c1O)CCC2. The van der Waals surface area contributed by atoms with Crippen molar-refractivity contribution in [3.63, 3.8) is 0 Å². The Kier molecular flexibility index (Phi) is 2.02. The van der Waals surface area contributed by atoms with Crippen molar-refractivity contribution >= 4 is 22.6 Å². The first-order valence-corrected chi connectivity index (χ1v) is 5.28. The molecular weight excluding hydrogens is 263 g/mol. The summed E-state index contributed by atoms with van der Waals surface area (Å²) in [5.41, 5.74) is 3.83. The Morgan fingerprint density at radius 1 is 1.42 bits per heavy atom. The fourth-order valence-electron chi connectivity index (χ4n) is 1.82. The second-order valence-corrected chi connectivity index (χ2v) is 4.43. The van der Waals surface area contributed by atoms with Gasteiger partial charge in [-0.15, -0.1) is 0 Å². The quantitative estimate of drug-likeness (QED) is 0.721. The Hall–Kier alpha value is -0.250. The molecule has 1 aromatic rings. The summed E-state index contributed by atoms with van der Waals surface area (Å²) in [7, 11) is 0. The summed E-state index contributed by atoms with van der Waals surface area (Å²) >= 11 is 2.25. The molecule has 0 radical (unpaired) electrons. The van der Waals surface area contributed by atoms with E-state index >= 15 is 0 Å². The summed E-state index contributed by atoms with van der Waals surface area (Å²) < 4.78 is 1.07. The van der Waals surface area contributed by atoms with E-state index < -0.39 is 0 Å². The number of hydrogen-bond acceptors (Lipinski definition) is 1. The number of hydrogen-bond donors (Lipinski definition) is 1. The molecule has 1 aliphatic carbocycles. The third-order valence-corrected chi connectivity index (χ3v) is 3.66. The van der Waals surface area contributed by atoms with Crippen LogP contribution in [0.1, 0.15) is 23.1 Å². The number of fused-ring (bicyclic) bond motifs is 1. The molecule has 1 aliphatic rings. The summed E-state index contributed by atoms with van der Waals surface area (Å²) in [5, 5.41) is 9.66. The van der Waals surface area contributed by atoms with Crippen LogP contribution in [-0.4, -0.2) is 5.11 Å². The van der Waals surface area contributed by atoms with Crippen LogP contribution in [0, 0.1) is 10.5 Å². The van der Waals surface area contributed by atoms with Gasteiger partial charge in [0, 0.05) is 0 Å². The molecule has 1 aromatic carbocycles. The number of rotatable bonds is 0. The van der Waals surface area contributed by atoms with E-state index in [0.29, 0.717) is 5.75 Å². The van der Waals surface area contributed by atoms with E-state index in [-0.39, 0.29) is 0 Å². The lowest BCUT2D eigenvalue weighted by atomic mass is 10.1. The Morgan fingerprint density at radius 2 is 2.17 bits per heavy atom. The van der Waals surface area contributed by atoms with Gasteiger partial charge in [0.05, 0.1) is 3.57 Å². The molecule has 0 fully saturated rings. The van der Waals surface area contributed by atoms with Crippen molar-refractivity contribution in [2.45, 2.75) is 26.2 Å². The molecule has 1 nitrogen and oxygen atoms in total. The molecule has 0 saturated heterocycles. The highest BCUT2D eigenvalue weighted by atomic mass is 127. The third kappa shape index (κ3) is 1.13. The van der Waals surface area contributed by atoms with Crippen LogP contribution in [0.4, 0.5) is 0 Å². The zero-order valence-corrected chi connectivity index (χ0v) is 9.18. The number of aromatic hydroxyl groups is 1. The van der Waals surface area contributed by atoms with Crippen molar-refractivity contribution in [2.24, 2.45) is 0 Å². The smallest absolute Gasteiger partial charge is 0.132 e. The van der Waals surface area contributed by atoms with Crippen LogP contribution in [0.2, 0.25) is 0 Å². The van der Waals surface area contributed by atoms with Crippen LogP contribution in [0.15, 0.2) is 6.07 Å². The Balaban J connectivity index is 2.67. The maximum absolute atomic E-state index is 9.66. The largest absolute Gasteiger partial charge is 0.507 e. The van der Waals surface area contributed by atoms with E-state index in [1.807, 2.05) is 6.92 Å². The predicted octanol–water partition coefficient (Wildman–Crippen LogP) is 2.79. The molecule has 0 saturated carbocycles. The van der Waals surface area contributed by atoms with E-state index in [1.165, 1.54) is 24.0 Å². The van der Waals surface area contributed by atoms with Gasteiger partial charge in [-0.1, -0.05) is 6.07 Å². The second kappa shape index (κ2) is 2.91. The summed E-state index contributed by atoms with van der Waals surface area (Å²) in [5.74, 6) is 0.483. The molecule has 0 atom stereocenters. The lowest BCUT2D eigenvalue weighted by Gasteiger charge is -2.07. The topological polar surface area (TPSA) is 20.2 Å². The number of aryl methyl sites for hydroxylation is 2. The standard InChI is InChI=1S/C10H11IO/c1-6-5-7-3-2-4-8(7)9(11)10(6)12/h5,12H,2-4H2,1H3. The van der Waals surface area contributed by atoms with Gasteiger partial charge in [-0.05, 0) is 65.5 Å². The summed E-state index contributed by atoms with van der Waals surface area (Å²) in [6, 6.07) is 2.12. The molecule has 0 aromatic heterocycles. The lowest BCUT2D eigenvalue weighted by molar-refractivity contribution is 0.466.